The van der Waals surface area contributed by atoms with Crippen LogP contribution in [0.5, 0.6) is 0 Å². The molecule has 2 nitrogen and oxygen atoms in total. The minimum absolute atomic E-state index is 0.00531. The van der Waals surface area contributed by atoms with Gasteiger partial charge in [0.2, 0.25) is 0 Å². The van der Waals surface area contributed by atoms with E-state index in [2.05, 4.69) is 80.5 Å². The van der Waals surface area contributed by atoms with Gasteiger partial charge < -0.3 is 5.11 Å². The van der Waals surface area contributed by atoms with Gasteiger partial charge in [0.15, 0.2) is 5.78 Å². The van der Waals surface area contributed by atoms with Gasteiger partial charge in [0, 0.05) is 17.8 Å². The number of halogens is 4. The lowest BCUT2D eigenvalue weighted by atomic mass is 9.50. The molecule has 3 unspecified atom stereocenters. The number of benzene rings is 1. The Hall–Kier alpha value is 0.0800. The summed E-state index contributed by atoms with van der Waals surface area (Å²) in [5.41, 5.74) is 3.05. The van der Waals surface area contributed by atoms with E-state index >= 15 is 8.78 Å². The first-order valence-electron chi connectivity index (χ1n) is 12.2. The molecular weight excluding hydrogens is 711 g/mol. The quantitative estimate of drug-likeness (QED) is 0.243. The molecule has 8 heteroatoms. The number of hydrogen-bond donors (Lipinski definition) is 1. The summed E-state index contributed by atoms with van der Waals surface area (Å²) in [5.74, 6) is -3.08. The molecule has 2 saturated carbocycles. The Morgan fingerprint density at radius 2 is 1.89 bits per heavy atom. The maximum Gasteiger partial charge on any atom is 0.338 e. The molecule has 2 fully saturated rings. The zero-order valence-corrected chi connectivity index (χ0v) is 25.8. The summed E-state index contributed by atoms with van der Waals surface area (Å²) in [6.07, 6.45) is 5.95. The van der Waals surface area contributed by atoms with Crippen LogP contribution in [0.2, 0.25) is 0 Å². The van der Waals surface area contributed by atoms with Gasteiger partial charge in [-0.25, -0.2) is 0 Å². The summed E-state index contributed by atoms with van der Waals surface area (Å²) in [7, 11) is 1.03. The molecule has 0 radical (unpaired) electrons. The van der Waals surface area contributed by atoms with Crippen molar-refractivity contribution in [1.82, 2.24) is 0 Å². The van der Waals surface area contributed by atoms with Gasteiger partial charge in [-0.3, -0.25) is 4.79 Å². The number of hydrogen-bond acceptors (Lipinski definition) is 2. The number of carbonyl (C=O) groups excluding carboxylic acids is 1. The number of aliphatic hydroxyl groups is 1. The SMILES string of the molecule is Cc1ccc(C2C[C@@]3(C)C(CC[C@@]3(O)C(F)(F)C#SP(I)I)C3CCC4=CC(=O)CCC4=C23)cc1. The van der Waals surface area contributed by atoms with E-state index in [0.29, 0.717) is 19.3 Å². The second kappa shape index (κ2) is 9.68. The topological polar surface area (TPSA) is 37.3 Å². The van der Waals surface area contributed by atoms with Crippen LogP contribution in [0.1, 0.15) is 68.9 Å². The van der Waals surface area contributed by atoms with Crippen LogP contribution in [0.15, 0.2) is 47.1 Å². The molecule has 188 valence electrons. The Labute approximate surface area is 236 Å². The highest BCUT2D eigenvalue weighted by atomic mass is 127. The van der Waals surface area contributed by atoms with Crippen LogP contribution in [0, 0.1) is 29.4 Å². The van der Waals surface area contributed by atoms with E-state index < -0.39 is 19.3 Å². The van der Waals surface area contributed by atoms with Crippen molar-refractivity contribution in [3.8, 4) is 5.18 Å². The van der Waals surface area contributed by atoms with Crippen LogP contribution in [0.3, 0.4) is 0 Å². The average Bonchev–Trinajstić information content (AvgIpc) is 3.09. The Bertz CT molecular complexity index is 1190. The molecule has 0 saturated heterocycles. The minimum atomic E-state index is -3.39. The third-order valence-corrected chi connectivity index (χ3v) is 13.8. The lowest BCUT2D eigenvalue weighted by Gasteiger charge is -2.55. The lowest BCUT2D eigenvalue weighted by Crippen LogP contribution is -2.59. The van der Waals surface area contributed by atoms with Crippen LogP contribution < -0.4 is 0 Å². The zero-order valence-electron chi connectivity index (χ0n) is 19.8. The monoisotopic (exact) mass is 740 g/mol. The Morgan fingerprint density at radius 3 is 2.57 bits per heavy atom. The number of carbonyl (C=O) groups is 1. The lowest BCUT2D eigenvalue weighted by molar-refractivity contribution is -0.208. The van der Waals surface area contributed by atoms with Crippen LogP contribution in [-0.2, 0) is 4.79 Å². The van der Waals surface area contributed by atoms with Crippen LogP contribution in [0.25, 0.3) is 0 Å². The first-order chi connectivity index (χ1) is 16.5. The molecule has 1 N–H and O–H groups in total. The van der Waals surface area contributed by atoms with Crippen molar-refractivity contribution in [3.05, 3.63) is 58.2 Å². The van der Waals surface area contributed by atoms with Crippen molar-refractivity contribution in [2.75, 3.05) is 0 Å². The van der Waals surface area contributed by atoms with Gasteiger partial charge >= 0.3 is 5.92 Å². The third-order valence-electron chi connectivity index (χ3n) is 9.13. The molecule has 4 aliphatic rings. The maximum atomic E-state index is 15.8. The second-order valence-electron chi connectivity index (χ2n) is 10.8. The summed E-state index contributed by atoms with van der Waals surface area (Å²) in [5, 5.41) is 14.2. The highest BCUT2D eigenvalue weighted by Gasteiger charge is 2.71. The van der Waals surface area contributed by atoms with Crippen molar-refractivity contribution >= 4 is 63.1 Å². The standard InChI is InChI=1S/C27H29F2I2O2PS/c1-16-3-5-17(6-4-16)22-14-25(2)23(11-12-26(25,33)27(28,29)15-35-34(30)31)21-9-7-18-13-19(32)8-10-20(18)24(21)22/h3-6,13,21-23,33H,7-12,14H2,1-2H3/t21?,22?,23?,25-,26-/m0/s1. The highest BCUT2D eigenvalue weighted by Crippen LogP contribution is 2.69. The molecule has 35 heavy (non-hydrogen) atoms. The van der Waals surface area contributed by atoms with E-state index in [1.807, 2.05) is 13.0 Å². The van der Waals surface area contributed by atoms with Crippen LogP contribution in [-0.4, -0.2) is 22.4 Å². The van der Waals surface area contributed by atoms with Crippen molar-refractivity contribution in [1.29, 1.82) is 0 Å². The normalized spacial score (nSPS) is 34.7. The fraction of sp³-hybridized carbons (Fsp3) is 0.556. The third kappa shape index (κ3) is 4.42. The van der Waals surface area contributed by atoms with Gasteiger partial charge in [0.1, 0.15) is 8.01 Å². The second-order valence-corrected chi connectivity index (χ2v) is 28.5. The summed E-state index contributed by atoms with van der Waals surface area (Å²) >= 11 is 4.30. The van der Waals surface area contributed by atoms with E-state index in [1.165, 1.54) is 11.1 Å². The number of fused-ring (bicyclic) bond motifs is 4. The van der Waals surface area contributed by atoms with Gasteiger partial charge in [-0.2, -0.15) is 8.78 Å². The Kier molecular flexibility index (Phi) is 7.38. The first-order valence-corrected chi connectivity index (χ1v) is 20.5. The van der Waals surface area contributed by atoms with Crippen LogP contribution >= 0.6 is 57.3 Å². The fourth-order valence-corrected chi connectivity index (χ4v) is 10.1. The van der Waals surface area contributed by atoms with Crippen LogP contribution in [0.4, 0.5) is 8.78 Å². The van der Waals surface area contributed by atoms with Gasteiger partial charge in [0.05, 0.1) is 0 Å². The molecule has 1 aromatic carbocycles. The average molecular weight is 740 g/mol. The van der Waals surface area contributed by atoms with Crippen molar-refractivity contribution in [2.45, 2.75) is 76.2 Å². The Morgan fingerprint density at radius 1 is 1.17 bits per heavy atom. The smallest absolute Gasteiger partial charge is 0.338 e. The van der Waals surface area contributed by atoms with Gasteiger partial charge in [-0.05, 0) is 129 Å². The molecule has 1 aromatic rings. The summed E-state index contributed by atoms with van der Waals surface area (Å²) in [6, 6.07) is 8.43. The largest absolute Gasteiger partial charge is 0.382 e. The molecule has 5 rings (SSSR count). The molecule has 0 bridgehead atoms. The molecule has 0 aromatic heterocycles. The van der Waals surface area contributed by atoms with Gasteiger partial charge in [0.25, 0.3) is 0 Å². The number of rotatable bonds is 2. The molecule has 0 heterocycles. The van der Waals surface area contributed by atoms with E-state index in [0.717, 1.165) is 46.8 Å². The predicted octanol–water partition coefficient (Wildman–Crippen LogP) is 9.05. The van der Waals surface area contributed by atoms with Crippen molar-refractivity contribution in [2.24, 2.45) is 17.3 Å². The van der Waals surface area contributed by atoms with Crippen molar-refractivity contribution in [3.63, 3.8) is 0 Å². The molecule has 0 spiro atoms. The van der Waals surface area contributed by atoms with E-state index in [-0.39, 0.29) is 30.0 Å². The number of alkyl halides is 2. The molecule has 5 atom stereocenters. The van der Waals surface area contributed by atoms with E-state index in [9.17, 15) is 9.90 Å². The summed E-state index contributed by atoms with van der Waals surface area (Å²) in [4.78, 5) is 12.2. The highest BCUT2D eigenvalue weighted by molar-refractivity contribution is 14.3. The van der Waals surface area contributed by atoms with Crippen molar-refractivity contribution < 1.29 is 18.7 Å². The minimum Gasteiger partial charge on any atom is -0.382 e. The summed E-state index contributed by atoms with van der Waals surface area (Å²) < 4.78 is 30.8. The Balaban J connectivity index is 1.66. The fourth-order valence-electron chi connectivity index (χ4n) is 7.45. The van der Waals surface area contributed by atoms with Gasteiger partial charge in [-0.15, -0.1) is 0 Å². The van der Waals surface area contributed by atoms with E-state index in [4.69, 9.17) is 0 Å². The predicted molar refractivity (Wildman–Crippen MR) is 158 cm³/mol. The number of allylic oxidation sites excluding steroid dienone is 4. The van der Waals surface area contributed by atoms with E-state index in [1.54, 1.807) is 0 Å². The molecule has 4 aliphatic carbocycles. The number of ketones is 1. The van der Waals surface area contributed by atoms with Gasteiger partial charge in [-0.1, -0.05) is 53.1 Å². The summed E-state index contributed by atoms with van der Waals surface area (Å²) in [6.45, 7) is 3.97. The first kappa shape index (κ1) is 26.7. The zero-order chi connectivity index (χ0) is 25.2. The number of aryl methyl sites for hydroxylation is 1. The molecule has 0 aliphatic heterocycles. The maximum absolute atomic E-state index is 15.8. The molecule has 0 amide bonds. The molecular formula is C27H29F2I2O2PS.